The Morgan fingerprint density at radius 2 is 1.68 bits per heavy atom. The molecular formula is C22H21N3O3. The fourth-order valence-corrected chi connectivity index (χ4v) is 2.57. The number of nitrogens with one attached hydrogen (secondary N) is 2. The highest BCUT2D eigenvalue weighted by Gasteiger charge is 2.12. The molecule has 1 atom stereocenters. The van der Waals surface area contributed by atoms with Gasteiger partial charge in [-0.15, -0.1) is 0 Å². The number of hydrogen-bond acceptors (Lipinski definition) is 4. The van der Waals surface area contributed by atoms with Gasteiger partial charge in [-0.05, 0) is 55.0 Å². The molecule has 6 nitrogen and oxygen atoms in total. The molecule has 0 bridgehead atoms. The number of nitrogens with zero attached hydrogens (tertiary/aromatic N) is 1. The minimum absolute atomic E-state index is 0.105. The first kappa shape index (κ1) is 19.1. The first-order chi connectivity index (χ1) is 13.6. The molecule has 28 heavy (non-hydrogen) atoms. The summed E-state index contributed by atoms with van der Waals surface area (Å²) in [6, 6.07) is 19.6. The number of hydrogen-bond donors (Lipinski definition) is 2. The largest absolute Gasteiger partial charge is 0.457 e. The van der Waals surface area contributed by atoms with Crippen LogP contribution in [0.4, 0.5) is 0 Å². The second-order valence-corrected chi connectivity index (χ2v) is 6.20. The van der Waals surface area contributed by atoms with E-state index in [1.54, 1.807) is 36.7 Å². The summed E-state index contributed by atoms with van der Waals surface area (Å²) < 4.78 is 5.70. The highest BCUT2D eigenvalue weighted by molar-refractivity contribution is 5.96. The molecule has 0 aliphatic heterocycles. The summed E-state index contributed by atoms with van der Waals surface area (Å²) in [6.45, 7) is 1.76. The summed E-state index contributed by atoms with van der Waals surface area (Å²) in [5.41, 5.74) is 1.35. The van der Waals surface area contributed by atoms with Crippen LogP contribution in [0.1, 0.15) is 28.9 Å². The molecule has 2 amide bonds. The molecule has 142 valence electrons. The lowest BCUT2D eigenvalue weighted by atomic mass is 10.1. The molecule has 0 unspecified atom stereocenters. The number of carbonyl (C=O) groups excluding carboxylic acids is 2. The quantitative estimate of drug-likeness (QED) is 0.663. The summed E-state index contributed by atoms with van der Waals surface area (Å²) in [7, 11) is 0. The minimum atomic E-state index is -0.324. The van der Waals surface area contributed by atoms with Gasteiger partial charge in [-0.25, -0.2) is 0 Å². The molecule has 0 fully saturated rings. The number of para-hydroxylation sites is 1. The third-order valence-corrected chi connectivity index (χ3v) is 4.07. The Bertz CT molecular complexity index is 913. The lowest BCUT2D eigenvalue weighted by Crippen LogP contribution is -2.38. The standard InChI is InChI=1S/C22H21N3O3/c1-16(18-6-5-13-23-14-18)25-21(26)15-24-22(27)17-9-11-20(12-10-17)28-19-7-3-2-4-8-19/h2-14,16H,15H2,1H3,(H,24,27)(H,25,26)/t16-/m1/s1. The lowest BCUT2D eigenvalue weighted by molar-refractivity contribution is -0.120. The zero-order valence-corrected chi connectivity index (χ0v) is 15.5. The topological polar surface area (TPSA) is 80.3 Å². The third-order valence-electron chi connectivity index (χ3n) is 4.07. The maximum absolute atomic E-state index is 12.2. The van der Waals surface area contributed by atoms with Crippen LogP contribution < -0.4 is 15.4 Å². The van der Waals surface area contributed by atoms with Gasteiger partial charge in [0.05, 0.1) is 12.6 Å². The molecule has 0 aliphatic rings. The van der Waals surface area contributed by atoms with Gasteiger partial charge in [-0.2, -0.15) is 0 Å². The molecule has 0 radical (unpaired) electrons. The van der Waals surface area contributed by atoms with Crippen LogP contribution in [0.15, 0.2) is 79.1 Å². The van der Waals surface area contributed by atoms with E-state index in [0.717, 1.165) is 11.3 Å². The zero-order chi connectivity index (χ0) is 19.8. The smallest absolute Gasteiger partial charge is 0.251 e. The SMILES string of the molecule is C[C@@H](NC(=O)CNC(=O)c1ccc(Oc2ccccc2)cc1)c1cccnc1. The van der Waals surface area contributed by atoms with E-state index in [2.05, 4.69) is 15.6 Å². The molecule has 0 aliphatic carbocycles. The summed E-state index contributed by atoms with van der Waals surface area (Å²) in [5.74, 6) is 0.758. The Kier molecular flexibility index (Phi) is 6.36. The molecule has 2 aromatic carbocycles. The first-order valence-corrected chi connectivity index (χ1v) is 8.92. The molecule has 3 aromatic rings. The number of pyridine rings is 1. The van der Waals surface area contributed by atoms with Gasteiger partial charge in [0, 0.05) is 18.0 Å². The van der Waals surface area contributed by atoms with Crippen LogP contribution in [-0.2, 0) is 4.79 Å². The van der Waals surface area contributed by atoms with Crippen molar-refractivity contribution >= 4 is 11.8 Å². The number of carbonyl (C=O) groups is 2. The van der Waals surface area contributed by atoms with Crippen molar-refractivity contribution in [2.24, 2.45) is 0 Å². The molecular weight excluding hydrogens is 354 g/mol. The van der Waals surface area contributed by atoms with Crippen molar-refractivity contribution in [3.05, 3.63) is 90.3 Å². The second kappa shape index (κ2) is 9.32. The Balaban J connectivity index is 1.48. The van der Waals surface area contributed by atoms with Crippen LogP contribution in [0.25, 0.3) is 0 Å². The van der Waals surface area contributed by atoms with Crippen LogP contribution in [0.2, 0.25) is 0 Å². The van der Waals surface area contributed by atoms with Gasteiger partial charge in [0.25, 0.3) is 5.91 Å². The fourth-order valence-electron chi connectivity index (χ4n) is 2.57. The number of benzene rings is 2. The second-order valence-electron chi connectivity index (χ2n) is 6.20. The Labute approximate surface area is 163 Å². The number of amides is 2. The number of aromatic nitrogens is 1. The van der Waals surface area contributed by atoms with Crippen molar-refractivity contribution in [2.75, 3.05) is 6.54 Å². The van der Waals surface area contributed by atoms with Crippen LogP contribution in [-0.4, -0.2) is 23.3 Å². The molecule has 3 rings (SSSR count). The van der Waals surface area contributed by atoms with Crippen molar-refractivity contribution in [2.45, 2.75) is 13.0 Å². The van der Waals surface area contributed by atoms with Crippen LogP contribution in [0.3, 0.4) is 0 Å². The van der Waals surface area contributed by atoms with Gasteiger partial charge < -0.3 is 15.4 Å². The molecule has 2 N–H and O–H groups in total. The van der Waals surface area contributed by atoms with Gasteiger partial charge in [-0.1, -0.05) is 24.3 Å². The maximum Gasteiger partial charge on any atom is 0.251 e. The van der Waals surface area contributed by atoms with E-state index in [1.165, 1.54) is 0 Å². The predicted octanol–water partition coefficient (Wildman–Crippen LogP) is 3.48. The average Bonchev–Trinajstić information content (AvgIpc) is 2.74. The molecule has 1 aromatic heterocycles. The van der Waals surface area contributed by atoms with Crippen LogP contribution in [0.5, 0.6) is 11.5 Å². The normalized spacial score (nSPS) is 11.3. The summed E-state index contributed by atoms with van der Waals surface area (Å²) >= 11 is 0. The summed E-state index contributed by atoms with van der Waals surface area (Å²) in [5, 5.41) is 5.44. The average molecular weight is 375 g/mol. The van der Waals surface area contributed by atoms with Gasteiger partial charge in [0.15, 0.2) is 0 Å². The Morgan fingerprint density at radius 3 is 2.36 bits per heavy atom. The van der Waals surface area contributed by atoms with Crippen LogP contribution in [0, 0.1) is 0 Å². The summed E-state index contributed by atoms with van der Waals surface area (Å²) in [6.07, 6.45) is 3.37. The molecule has 6 heteroatoms. The summed E-state index contributed by atoms with van der Waals surface area (Å²) in [4.78, 5) is 28.3. The van der Waals surface area contributed by atoms with Gasteiger partial charge in [0.2, 0.25) is 5.91 Å². The highest BCUT2D eigenvalue weighted by Crippen LogP contribution is 2.21. The van der Waals surface area contributed by atoms with E-state index in [1.807, 2.05) is 49.4 Å². The zero-order valence-electron chi connectivity index (χ0n) is 15.5. The van der Waals surface area contributed by atoms with E-state index < -0.39 is 0 Å². The van der Waals surface area contributed by atoms with E-state index in [-0.39, 0.29) is 24.4 Å². The van der Waals surface area contributed by atoms with E-state index in [4.69, 9.17) is 4.74 Å². The van der Waals surface area contributed by atoms with Gasteiger partial charge in [-0.3, -0.25) is 14.6 Å². The van der Waals surface area contributed by atoms with Crippen LogP contribution >= 0.6 is 0 Å². The molecule has 0 saturated carbocycles. The first-order valence-electron chi connectivity index (χ1n) is 8.92. The van der Waals surface area contributed by atoms with Gasteiger partial charge in [0.1, 0.15) is 11.5 Å². The molecule has 1 heterocycles. The van der Waals surface area contributed by atoms with E-state index in [0.29, 0.717) is 11.3 Å². The van der Waals surface area contributed by atoms with Crippen molar-refractivity contribution in [1.82, 2.24) is 15.6 Å². The Hall–Kier alpha value is -3.67. The minimum Gasteiger partial charge on any atom is -0.457 e. The van der Waals surface area contributed by atoms with E-state index >= 15 is 0 Å². The fraction of sp³-hybridized carbons (Fsp3) is 0.136. The number of ether oxygens (including phenoxy) is 1. The molecule has 0 spiro atoms. The van der Waals surface area contributed by atoms with Crippen molar-refractivity contribution in [3.63, 3.8) is 0 Å². The van der Waals surface area contributed by atoms with Crippen molar-refractivity contribution < 1.29 is 14.3 Å². The van der Waals surface area contributed by atoms with E-state index in [9.17, 15) is 9.59 Å². The van der Waals surface area contributed by atoms with Crippen molar-refractivity contribution in [3.8, 4) is 11.5 Å². The highest BCUT2D eigenvalue weighted by atomic mass is 16.5. The maximum atomic E-state index is 12.2. The Morgan fingerprint density at radius 1 is 0.964 bits per heavy atom. The third kappa shape index (κ3) is 5.41. The predicted molar refractivity (Wildman–Crippen MR) is 106 cm³/mol. The van der Waals surface area contributed by atoms with Crippen molar-refractivity contribution in [1.29, 1.82) is 0 Å². The monoisotopic (exact) mass is 375 g/mol. The lowest BCUT2D eigenvalue weighted by Gasteiger charge is -2.14. The van der Waals surface area contributed by atoms with Gasteiger partial charge >= 0.3 is 0 Å². The molecule has 0 saturated heterocycles. The number of rotatable bonds is 7.